The Morgan fingerprint density at radius 3 is 2.48 bits per heavy atom. The summed E-state index contributed by atoms with van der Waals surface area (Å²) in [5.41, 5.74) is 1.70. The molecule has 0 unspecified atom stereocenters. The molecular formula is C16H24N4O3S2. The first-order chi connectivity index (χ1) is 12.0. The van der Waals surface area contributed by atoms with Gasteiger partial charge in [0.15, 0.2) is 5.11 Å². The molecular weight excluding hydrogens is 360 g/mol. The van der Waals surface area contributed by atoms with Crippen LogP contribution in [0, 0.1) is 0 Å². The monoisotopic (exact) mass is 384 g/mol. The maximum Gasteiger partial charge on any atom is 0.243 e. The van der Waals surface area contributed by atoms with Crippen LogP contribution in [0.4, 0.5) is 11.4 Å². The number of sulfonamides is 1. The van der Waals surface area contributed by atoms with Gasteiger partial charge in [0.2, 0.25) is 10.0 Å². The Kier molecular flexibility index (Phi) is 5.78. The molecule has 0 aromatic heterocycles. The standard InChI is InChI=1S/C16H24N4O3S2/c1-17-16(24)18-14-12-13(4-5-15(14)19-6-2-3-7-19)25(21,22)20-8-10-23-11-9-20/h4-5,12H,2-3,6-11H2,1H3,(H2,17,18,24). The van der Waals surface area contributed by atoms with Gasteiger partial charge in [0.1, 0.15) is 0 Å². The zero-order chi connectivity index (χ0) is 17.9. The minimum absolute atomic E-state index is 0.277. The number of hydrogen-bond donors (Lipinski definition) is 2. The fourth-order valence-electron chi connectivity index (χ4n) is 3.13. The molecule has 3 rings (SSSR count). The Labute approximate surface area is 154 Å². The predicted octanol–water partition coefficient (Wildman–Crippen LogP) is 1.22. The molecule has 2 aliphatic rings. The first-order valence-electron chi connectivity index (χ1n) is 8.48. The van der Waals surface area contributed by atoms with Crippen LogP contribution in [-0.4, -0.2) is 64.3 Å². The second-order valence-electron chi connectivity index (χ2n) is 6.09. The van der Waals surface area contributed by atoms with Crippen LogP contribution >= 0.6 is 12.2 Å². The number of anilines is 2. The van der Waals surface area contributed by atoms with E-state index in [0.717, 1.165) is 37.3 Å². The van der Waals surface area contributed by atoms with E-state index in [-0.39, 0.29) is 4.90 Å². The van der Waals surface area contributed by atoms with E-state index in [1.165, 1.54) is 4.31 Å². The van der Waals surface area contributed by atoms with Crippen molar-refractivity contribution in [3.8, 4) is 0 Å². The first-order valence-corrected chi connectivity index (χ1v) is 10.3. The minimum Gasteiger partial charge on any atom is -0.379 e. The van der Waals surface area contributed by atoms with E-state index < -0.39 is 10.0 Å². The summed E-state index contributed by atoms with van der Waals surface area (Å²) < 4.78 is 32.5. The van der Waals surface area contributed by atoms with Crippen LogP contribution in [0.25, 0.3) is 0 Å². The number of rotatable bonds is 4. The fourth-order valence-corrected chi connectivity index (χ4v) is 4.68. The van der Waals surface area contributed by atoms with Crippen molar-refractivity contribution in [3.05, 3.63) is 18.2 Å². The molecule has 2 heterocycles. The predicted molar refractivity (Wildman–Crippen MR) is 103 cm³/mol. The smallest absolute Gasteiger partial charge is 0.243 e. The van der Waals surface area contributed by atoms with E-state index in [0.29, 0.717) is 31.4 Å². The van der Waals surface area contributed by atoms with E-state index in [1.54, 1.807) is 19.2 Å². The van der Waals surface area contributed by atoms with Crippen molar-refractivity contribution in [2.45, 2.75) is 17.7 Å². The SMILES string of the molecule is CNC(=S)Nc1cc(S(=O)(=O)N2CCOCC2)ccc1N1CCCC1. The zero-order valence-electron chi connectivity index (χ0n) is 14.3. The molecule has 1 aromatic carbocycles. The summed E-state index contributed by atoms with van der Waals surface area (Å²) in [5, 5.41) is 6.46. The van der Waals surface area contributed by atoms with Crippen molar-refractivity contribution in [2.75, 3.05) is 56.7 Å². The number of nitrogens with one attached hydrogen (secondary N) is 2. The van der Waals surface area contributed by atoms with Crippen molar-refractivity contribution in [1.82, 2.24) is 9.62 Å². The lowest BCUT2D eigenvalue weighted by Gasteiger charge is -2.27. The van der Waals surface area contributed by atoms with Gasteiger partial charge in [-0.1, -0.05) is 0 Å². The van der Waals surface area contributed by atoms with Gasteiger partial charge in [-0.05, 0) is 43.3 Å². The van der Waals surface area contributed by atoms with Crippen LogP contribution < -0.4 is 15.5 Å². The van der Waals surface area contributed by atoms with E-state index >= 15 is 0 Å². The van der Waals surface area contributed by atoms with Gasteiger partial charge in [-0.3, -0.25) is 0 Å². The number of hydrogen-bond acceptors (Lipinski definition) is 5. The lowest BCUT2D eigenvalue weighted by atomic mass is 10.2. The molecule has 1 aromatic rings. The van der Waals surface area contributed by atoms with E-state index in [1.807, 2.05) is 6.07 Å². The summed E-state index contributed by atoms with van der Waals surface area (Å²) in [5.74, 6) is 0. The molecule has 0 amide bonds. The van der Waals surface area contributed by atoms with Crippen LogP contribution in [-0.2, 0) is 14.8 Å². The number of nitrogens with zero attached hydrogens (tertiary/aromatic N) is 2. The summed E-state index contributed by atoms with van der Waals surface area (Å²) >= 11 is 5.22. The van der Waals surface area contributed by atoms with E-state index in [4.69, 9.17) is 17.0 Å². The average Bonchev–Trinajstić information content (AvgIpc) is 3.16. The summed E-state index contributed by atoms with van der Waals surface area (Å²) in [4.78, 5) is 2.53. The van der Waals surface area contributed by atoms with Crippen molar-refractivity contribution < 1.29 is 13.2 Å². The number of thiocarbonyl (C=S) groups is 1. The quantitative estimate of drug-likeness (QED) is 0.756. The van der Waals surface area contributed by atoms with Gasteiger partial charge in [0.05, 0.1) is 29.5 Å². The Bertz CT molecular complexity index is 727. The highest BCUT2D eigenvalue weighted by atomic mass is 32.2. The van der Waals surface area contributed by atoms with Gasteiger partial charge in [0, 0.05) is 33.2 Å². The van der Waals surface area contributed by atoms with E-state index in [2.05, 4.69) is 15.5 Å². The summed E-state index contributed by atoms with van der Waals surface area (Å²) in [7, 11) is -1.80. The molecule has 9 heteroatoms. The third kappa shape index (κ3) is 4.05. The lowest BCUT2D eigenvalue weighted by molar-refractivity contribution is 0.0730. The molecule has 0 radical (unpaired) electrons. The Hall–Kier alpha value is -1.42. The molecule has 2 aliphatic heterocycles. The van der Waals surface area contributed by atoms with Gasteiger partial charge >= 0.3 is 0 Å². The molecule has 0 aliphatic carbocycles. The third-order valence-corrected chi connectivity index (χ3v) is 6.70. The van der Waals surface area contributed by atoms with Crippen LogP contribution in [0.15, 0.2) is 23.1 Å². The van der Waals surface area contributed by atoms with Gasteiger partial charge in [-0.15, -0.1) is 0 Å². The molecule has 0 saturated carbocycles. The lowest BCUT2D eigenvalue weighted by Crippen LogP contribution is -2.40. The Balaban J connectivity index is 1.94. The van der Waals surface area contributed by atoms with Crippen molar-refractivity contribution in [3.63, 3.8) is 0 Å². The molecule has 2 saturated heterocycles. The highest BCUT2D eigenvalue weighted by Gasteiger charge is 2.28. The van der Waals surface area contributed by atoms with Crippen LogP contribution in [0.2, 0.25) is 0 Å². The van der Waals surface area contributed by atoms with E-state index in [9.17, 15) is 8.42 Å². The maximum absolute atomic E-state index is 12.9. The summed E-state index contributed by atoms with van der Waals surface area (Å²) in [6.07, 6.45) is 2.29. The normalized spacial score (nSPS) is 19.0. The Morgan fingerprint density at radius 1 is 1.16 bits per heavy atom. The molecule has 7 nitrogen and oxygen atoms in total. The summed E-state index contributed by atoms with van der Waals surface area (Å²) in [6, 6.07) is 5.24. The molecule has 25 heavy (non-hydrogen) atoms. The molecule has 2 N–H and O–H groups in total. The molecule has 2 fully saturated rings. The van der Waals surface area contributed by atoms with Gasteiger partial charge < -0.3 is 20.3 Å². The van der Waals surface area contributed by atoms with Crippen molar-refractivity contribution in [2.24, 2.45) is 0 Å². The first kappa shape index (κ1) is 18.4. The number of benzene rings is 1. The van der Waals surface area contributed by atoms with Crippen molar-refractivity contribution in [1.29, 1.82) is 0 Å². The zero-order valence-corrected chi connectivity index (χ0v) is 16.0. The van der Waals surface area contributed by atoms with Gasteiger partial charge in [-0.2, -0.15) is 4.31 Å². The van der Waals surface area contributed by atoms with Gasteiger partial charge in [0.25, 0.3) is 0 Å². The van der Waals surface area contributed by atoms with Crippen molar-refractivity contribution >= 4 is 38.7 Å². The average molecular weight is 385 g/mol. The van der Waals surface area contributed by atoms with Crippen LogP contribution in [0.5, 0.6) is 0 Å². The second-order valence-corrected chi connectivity index (χ2v) is 8.44. The third-order valence-electron chi connectivity index (χ3n) is 4.50. The largest absolute Gasteiger partial charge is 0.379 e. The second kappa shape index (κ2) is 7.86. The topological polar surface area (TPSA) is 73.9 Å². The molecule has 0 atom stereocenters. The molecule has 0 spiro atoms. The van der Waals surface area contributed by atoms with Crippen LogP contribution in [0.1, 0.15) is 12.8 Å². The number of morpholine rings is 1. The highest BCUT2D eigenvalue weighted by Crippen LogP contribution is 2.32. The highest BCUT2D eigenvalue weighted by molar-refractivity contribution is 7.89. The van der Waals surface area contributed by atoms with Crippen LogP contribution in [0.3, 0.4) is 0 Å². The van der Waals surface area contributed by atoms with Gasteiger partial charge in [-0.25, -0.2) is 8.42 Å². The number of ether oxygens (including phenoxy) is 1. The summed E-state index contributed by atoms with van der Waals surface area (Å²) in [6.45, 7) is 3.56. The molecule has 138 valence electrons. The minimum atomic E-state index is -3.54. The molecule has 0 bridgehead atoms. The fraction of sp³-hybridized carbons (Fsp3) is 0.562. The maximum atomic E-state index is 12.9. The Morgan fingerprint density at radius 2 is 1.84 bits per heavy atom.